The molecule has 3 heterocycles. The molecule has 0 radical (unpaired) electrons. The van der Waals surface area contributed by atoms with Gasteiger partial charge in [-0.15, -0.1) is 0 Å². The van der Waals surface area contributed by atoms with Crippen molar-refractivity contribution in [1.82, 2.24) is 40.4 Å². The van der Waals surface area contributed by atoms with E-state index < -0.39 is 24.3 Å². The highest BCUT2D eigenvalue weighted by atomic mass is 16.5. The number of imidazole rings is 2. The number of likely N-dealkylation sites (N-methyl/N-ethyl adjacent to an activating group) is 1. The van der Waals surface area contributed by atoms with Crippen molar-refractivity contribution >= 4 is 46.1 Å². The van der Waals surface area contributed by atoms with Crippen LogP contribution in [0.1, 0.15) is 64.9 Å². The van der Waals surface area contributed by atoms with E-state index in [1.807, 2.05) is 66.7 Å². The number of amides is 4. The van der Waals surface area contributed by atoms with E-state index >= 15 is 0 Å². The smallest absolute Gasteiger partial charge is 0.407 e. The van der Waals surface area contributed by atoms with Crippen LogP contribution < -0.4 is 10.6 Å². The molecule has 3 atom stereocenters. The van der Waals surface area contributed by atoms with E-state index in [0.717, 1.165) is 64.7 Å². The Kier molecular flexibility index (Phi) is 12.1. The average molecular weight is 783 g/mol. The summed E-state index contributed by atoms with van der Waals surface area (Å²) in [5, 5.41) is 5.35. The molecule has 7 rings (SSSR count). The van der Waals surface area contributed by atoms with E-state index in [-0.39, 0.29) is 24.4 Å². The van der Waals surface area contributed by atoms with Gasteiger partial charge in [0.25, 0.3) is 5.91 Å². The third-order valence-electron chi connectivity index (χ3n) is 10.3. The number of carbonyl (C=O) groups excluding carboxylic acids is 4. The molecule has 14 heteroatoms. The number of methoxy groups -OCH3 is 2. The second kappa shape index (κ2) is 17.9. The van der Waals surface area contributed by atoms with Gasteiger partial charge in [0.05, 0.1) is 48.9 Å². The van der Waals surface area contributed by atoms with Crippen molar-refractivity contribution in [3.63, 3.8) is 0 Å². The molecule has 4 aromatic carbocycles. The van der Waals surface area contributed by atoms with Crippen LogP contribution in [-0.4, -0.2) is 81.5 Å². The highest BCUT2D eigenvalue weighted by Crippen LogP contribution is 2.34. The Bertz CT molecular complexity index is 2430. The van der Waals surface area contributed by atoms with Crippen LogP contribution in [0.25, 0.3) is 22.1 Å². The molecule has 1 fully saturated rings. The van der Waals surface area contributed by atoms with Gasteiger partial charge in [0.1, 0.15) is 23.7 Å². The van der Waals surface area contributed by atoms with Gasteiger partial charge in [0, 0.05) is 13.6 Å². The molecule has 6 aromatic rings. The van der Waals surface area contributed by atoms with Crippen molar-refractivity contribution in [2.24, 2.45) is 0 Å². The fraction of sp³-hybridized carbons (Fsp3) is 0.273. The minimum atomic E-state index is -0.904. The van der Waals surface area contributed by atoms with Crippen LogP contribution in [0.15, 0.2) is 109 Å². The first-order valence-electron chi connectivity index (χ1n) is 19.2. The largest absolute Gasteiger partial charge is 0.453 e. The van der Waals surface area contributed by atoms with E-state index in [1.165, 1.54) is 19.1 Å². The third-order valence-corrected chi connectivity index (χ3v) is 10.3. The van der Waals surface area contributed by atoms with Crippen LogP contribution in [0.3, 0.4) is 0 Å². The minimum Gasteiger partial charge on any atom is -0.453 e. The number of aromatic nitrogens is 4. The van der Waals surface area contributed by atoms with Crippen molar-refractivity contribution in [2.45, 2.75) is 50.4 Å². The fourth-order valence-corrected chi connectivity index (χ4v) is 7.33. The number of alkyl carbamates (subject to hydrolysis) is 2. The second-order valence-corrected chi connectivity index (χ2v) is 14.2. The number of nitrogens with zero attached hydrogens (tertiary/aromatic N) is 4. The van der Waals surface area contributed by atoms with Crippen LogP contribution in [-0.2, 0) is 38.4 Å². The van der Waals surface area contributed by atoms with Crippen molar-refractivity contribution in [3.8, 4) is 0 Å². The number of likely N-dealkylation sites (tertiary alicyclic amines) is 1. The van der Waals surface area contributed by atoms with Crippen molar-refractivity contribution in [1.29, 1.82) is 0 Å². The molecule has 298 valence electrons. The van der Waals surface area contributed by atoms with Gasteiger partial charge in [-0.25, -0.2) is 19.6 Å². The number of aromatic amines is 2. The van der Waals surface area contributed by atoms with E-state index in [9.17, 15) is 19.2 Å². The van der Waals surface area contributed by atoms with Crippen LogP contribution in [0.2, 0.25) is 0 Å². The molecule has 0 spiro atoms. The number of H-pyrrole nitrogens is 2. The summed E-state index contributed by atoms with van der Waals surface area (Å²) >= 11 is 0. The SMILES string of the molecule is COC(=O)N[C@H](C(=O)N1CCC[C@@H]1c1nc2ccc(C/C=C/Cc3ccc4nc(CN(C)C(=O)[C@H](NC(=O)OC)c5ccccc5)[nH]c4c3)cc2[nH]1)c1ccccc1. The van der Waals surface area contributed by atoms with Crippen molar-refractivity contribution in [2.75, 3.05) is 27.8 Å². The number of hydrogen-bond acceptors (Lipinski definition) is 8. The van der Waals surface area contributed by atoms with Crippen LogP contribution in [0, 0.1) is 0 Å². The zero-order chi connectivity index (χ0) is 40.6. The number of nitrogens with one attached hydrogen (secondary N) is 4. The Morgan fingerprint density at radius 1 is 0.776 bits per heavy atom. The highest BCUT2D eigenvalue weighted by molar-refractivity contribution is 5.88. The van der Waals surface area contributed by atoms with Crippen LogP contribution in [0.4, 0.5) is 9.59 Å². The van der Waals surface area contributed by atoms with Gasteiger partial charge >= 0.3 is 12.2 Å². The Balaban J connectivity index is 0.967. The lowest BCUT2D eigenvalue weighted by atomic mass is 10.1. The van der Waals surface area contributed by atoms with Gasteiger partial charge in [-0.1, -0.05) is 84.9 Å². The number of fused-ring (bicyclic) bond motifs is 2. The Labute approximate surface area is 335 Å². The standard InChI is InChI=1S/C44H46N8O6/c1-51(41(53)38(49-43(55)57-2)30-15-6-4-7-16-30)27-37-45-32-22-20-28(25-34(32)46-37)13-10-11-14-29-21-23-33-35(26-29)48-40(47-33)36-19-12-24-52(36)42(54)39(50-44(56)58-3)31-17-8-5-9-18-31/h4-11,15-18,20-23,25-26,36,38-39H,12-14,19,24,27H2,1-3H3,(H,45,46)(H,47,48)(H,49,55)(H,50,56)/b11-10+/t36-,38-,39+/m1/s1. The highest BCUT2D eigenvalue weighted by Gasteiger charge is 2.37. The summed E-state index contributed by atoms with van der Waals surface area (Å²) in [5.74, 6) is 0.840. The molecule has 14 nitrogen and oxygen atoms in total. The molecule has 0 saturated carbocycles. The lowest BCUT2D eigenvalue weighted by Gasteiger charge is -2.28. The van der Waals surface area contributed by atoms with Gasteiger partial charge in [0.2, 0.25) is 5.91 Å². The Morgan fingerprint density at radius 3 is 1.93 bits per heavy atom. The summed E-state index contributed by atoms with van der Waals surface area (Å²) in [6.45, 7) is 0.778. The zero-order valence-electron chi connectivity index (χ0n) is 32.6. The van der Waals surface area contributed by atoms with Crippen molar-refractivity contribution in [3.05, 3.63) is 143 Å². The first kappa shape index (κ1) is 39.3. The maximum Gasteiger partial charge on any atom is 0.407 e. The molecule has 58 heavy (non-hydrogen) atoms. The Morgan fingerprint density at radius 2 is 1.33 bits per heavy atom. The number of ether oxygens (including phenoxy) is 2. The minimum absolute atomic E-state index is 0.208. The summed E-state index contributed by atoms with van der Waals surface area (Å²) in [4.78, 5) is 71.3. The molecule has 0 bridgehead atoms. The monoisotopic (exact) mass is 782 g/mol. The van der Waals surface area contributed by atoms with Crippen LogP contribution >= 0.6 is 0 Å². The maximum absolute atomic E-state index is 13.9. The summed E-state index contributed by atoms with van der Waals surface area (Å²) in [6, 6.07) is 28.4. The second-order valence-electron chi connectivity index (χ2n) is 14.2. The number of allylic oxidation sites excluding steroid dienone is 2. The van der Waals surface area contributed by atoms with Crippen LogP contribution in [0.5, 0.6) is 0 Å². The lowest BCUT2D eigenvalue weighted by Crippen LogP contribution is -2.42. The summed E-state index contributed by atoms with van der Waals surface area (Å²) in [6.07, 6.45) is 5.94. The van der Waals surface area contributed by atoms with Gasteiger partial charge in [-0.05, 0) is 72.2 Å². The predicted octanol–water partition coefficient (Wildman–Crippen LogP) is 6.60. The predicted molar refractivity (Wildman–Crippen MR) is 218 cm³/mol. The molecule has 1 aliphatic heterocycles. The summed E-state index contributed by atoms with van der Waals surface area (Å²) < 4.78 is 9.58. The van der Waals surface area contributed by atoms with E-state index in [1.54, 1.807) is 24.1 Å². The number of carbonyl (C=O) groups is 4. The molecule has 2 aromatic heterocycles. The van der Waals surface area contributed by atoms with E-state index in [4.69, 9.17) is 19.4 Å². The number of benzene rings is 4. The summed E-state index contributed by atoms with van der Waals surface area (Å²) in [7, 11) is 4.21. The van der Waals surface area contributed by atoms with Gasteiger partial charge in [0.15, 0.2) is 0 Å². The van der Waals surface area contributed by atoms with Crippen molar-refractivity contribution < 1.29 is 28.7 Å². The first-order valence-corrected chi connectivity index (χ1v) is 19.2. The zero-order valence-corrected chi connectivity index (χ0v) is 32.6. The normalized spacial score (nSPS) is 15.0. The fourth-order valence-electron chi connectivity index (χ4n) is 7.33. The quantitative estimate of drug-likeness (QED) is 0.0949. The molecular weight excluding hydrogens is 737 g/mol. The topological polar surface area (TPSA) is 175 Å². The molecule has 0 aliphatic carbocycles. The molecule has 4 amide bonds. The molecule has 1 saturated heterocycles. The number of rotatable bonds is 13. The number of hydrogen-bond donors (Lipinski definition) is 4. The molecule has 4 N–H and O–H groups in total. The van der Waals surface area contributed by atoms with Gasteiger partial charge in [-0.3, -0.25) is 9.59 Å². The van der Waals surface area contributed by atoms with E-state index in [0.29, 0.717) is 23.5 Å². The first-order chi connectivity index (χ1) is 28.2. The summed E-state index contributed by atoms with van der Waals surface area (Å²) in [5.41, 5.74) is 6.94. The van der Waals surface area contributed by atoms with Gasteiger partial charge in [-0.2, -0.15) is 0 Å². The molecular formula is C44H46N8O6. The molecule has 0 unspecified atom stereocenters. The lowest BCUT2D eigenvalue weighted by molar-refractivity contribution is -0.134. The van der Waals surface area contributed by atoms with E-state index in [2.05, 4.69) is 51.0 Å². The Hall–Kier alpha value is -6.96. The van der Waals surface area contributed by atoms with Gasteiger partial charge < -0.3 is 39.9 Å². The maximum atomic E-state index is 13.9. The average Bonchev–Trinajstić information content (AvgIpc) is 4.01. The third kappa shape index (κ3) is 9.02. The molecule has 1 aliphatic rings.